The first-order chi connectivity index (χ1) is 26.7. The molecule has 0 radical (unpaired) electrons. The molecule has 0 bridgehead atoms. The van der Waals surface area contributed by atoms with Gasteiger partial charge in [0.2, 0.25) is 0 Å². The zero-order valence-electron chi connectivity index (χ0n) is 29.2. The van der Waals surface area contributed by atoms with Crippen molar-refractivity contribution in [3.63, 3.8) is 0 Å². The van der Waals surface area contributed by atoms with E-state index in [4.69, 9.17) is 8.83 Å². The highest BCUT2D eigenvalue weighted by atomic mass is 16.3. The number of anilines is 3. The molecular weight excluding hydrogens is 661 g/mol. The minimum Gasteiger partial charge on any atom is -0.456 e. The SMILES string of the molecule is c1ccc(-c2ccc(N(c3ccc(-c4cc5ccccc5o4)cc3)c3ccc(-n4c5ccccc5c5cc6c(cc54)oc4ccccc46)cc3)cc2)cc1. The van der Waals surface area contributed by atoms with Crippen LogP contribution in [0.25, 0.3) is 82.9 Å². The highest BCUT2D eigenvalue weighted by Crippen LogP contribution is 2.41. The lowest BCUT2D eigenvalue weighted by molar-refractivity contribution is 0.631. The van der Waals surface area contributed by atoms with Gasteiger partial charge in [-0.15, -0.1) is 0 Å². The van der Waals surface area contributed by atoms with Gasteiger partial charge in [-0.3, -0.25) is 0 Å². The molecule has 4 heteroatoms. The highest BCUT2D eigenvalue weighted by Gasteiger charge is 2.18. The van der Waals surface area contributed by atoms with Gasteiger partial charge in [0.05, 0.1) is 11.0 Å². The van der Waals surface area contributed by atoms with Gasteiger partial charge in [-0.25, -0.2) is 0 Å². The van der Waals surface area contributed by atoms with Gasteiger partial charge in [0, 0.05) is 61.3 Å². The molecule has 11 rings (SSSR count). The van der Waals surface area contributed by atoms with E-state index in [1.807, 2.05) is 30.3 Å². The van der Waals surface area contributed by atoms with Gasteiger partial charge in [0.1, 0.15) is 22.5 Å². The molecule has 0 aliphatic rings. The number of para-hydroxylation sites is 3. The molecule has 0 unspecified atom stereocenters. The number of fused-ring (bicyclic) bond motifs is 7. The van der Waals surface area contributed by atoms with Crippen molar-refractivity contribution in [1.82, 2.24) is 4.57 Å². The van der Waals surface area contributed by atoms with Crippen molar-refractivity contribution >= 4 is 71.8 Å². The van der Waals surface area contributed by atoms with E-state index in [-0.39, 0.29) is 0 Å². The van der Waals surface area contributed by atoms with Crippen LogP contribution in [-0.2, 0) is 0 Å². The lowest BCUT2D eigenvalue weighted by Gasteiger charge is -2.26. The smallest absolute Gasteiger partial charge is 0.137 e. The highest BCUT2D eigenvalue weighted by molar-refractivity contribution is 6.17. The van der Waals surface area contributed by atoms with E-state index in [9.17, 15) is 0 Å². The lowest BCUT2D eigenvalue weighted by Crippen LogP contribution is -2.10. The van der Waals surface area contributed by atoms with E-state index >= 15 is 0 Å². The Morgan fingerprint density at radius 3 is 1.69 bits per heavy atom. The monoisotopic (exact) mass is 692 g/mol. The Kier molecular flexibility index (Phi) is 6.82. The molecule has 0 saturated carbocycles. The summed E-state index contributed by atoms with van der Waals surface area (Å²) in [6.07, 6.45) is 0. The van der Waals surface area contributed by atoms with E-state index in [0.717, 1.165) is 78.0 Å². The van der Waals surface area contributed by atoms with Crippen molar-refractivity contribution in [3.8, 4) is 28.1 Å². The molecular formula is C50H32N2O2. The van der Waals surface area contributed by atoms with Gasteiger partial charge in [0.25, 0.3) is 0 Å². The summed E-state index contributed by atoms with van der Waals surface area (Å²) in [4.78, 5) is 2.31. The number of hydrogen-bond donors (Lipinski definition) is 0. The average Bonchev–Trinajstić information content (AvgIpc) is 3.93. The number of hydrogen-bond acceptors (Lipinski definition) is 3. The van der Waals surface area contributed by atoms with Crippen LogP contribution >= 0.6 is 0 Å². The summed E-state index contributed by atoms with van der Waals surface area (Å²) in [5, 5.41) is 5.80. The largest absolute Gasteiger partial charge is 0.456 e. The zero-order valence-corrected chi connectivity index (χ0v) is 29.2. The summed E-state index contributed by atoms with van der Waals surface area (Å²) in [6.45, 7) is 0. The van der Waals surface area contributed by atoms with Crippen LogP contribution in [0.4, 0.5) is 17.1 Å². The number of furan rings is 2. The van der Waals surface area contributed by atoms with Gasteiger partial charge in [-0.05, 0) is 102 Å². The second-order valence-electron chi connectivity index (χ2n) is 13.8. The van der Waals surface area contributed by atoms with Crippen molar-refractivity contribution in [1.29, 1.82) is 0 Å². The maximum atomic E-state index is 6.36. The fourth-order valence-electron chi connectivity index (χ4n) is 8.00. The lowest BCUT2D eigenvalue weighted by atomic mass is 10.0. The van der Waals surface area contributed by atoms with Crippen molar-refractivity contribution in [2.24, 2.45) is 0 Å². The number of aromatic nitrogens is 1. The Morgan fingerprint density at radius 1 is 0.352 bits per heavy atom. The standard InChI is InChI=1S/C50H32N2O2/c1-2-10-33(11-3-1)34-18-22-37(23-19-34)51(38-24-20-35(21-25-38)49-30-36-12-4-8-16-47(36)53-49)39-26-28-40(29-27-39)52-45-15-7-5-13-41(45)43-31-44-42-14-6-9-17-48(42)54-50(44)32-46(43)52/h1-32H. The fourth-order valence-corrected chi connectivity index (χ4v) is 8.00. The molecule has 254 valence electrons. The van der Waals surface area contributed by atoms with Gasteiger partial charge in [0.15, 0.2) is 0 Å². The molecule has 0 atom stereocenters. The van der Waals surface area contributed by atoms with Gasteiger partial charge in [-0.2, -0.15) is 0 Å². The van der Waals surface area contributed by atoms with Crippen LogP contribution in [0.5, 0.6) is 0 Å². The summed E-state index contributed by atoms with van der Waals surface area (Å²) in [5.41, 5.74) is 12.6. The first-order valence-electron chi connectivity index (χ1n) is 18.2. The third-order valence-electron chi connectivity index (χ3n) is 10.6. The molecule has 0 N–H and O–H groups in total. The molecule has 54 heavy (non-hydrogen) atoms. The Bertz CT molecular complexity index is 3100. The van der Waals surface area contributed by atoms with Gasteiger partial charge < -0.3 is 18.3 Å². The summed E-state index contributed by atoms with van der Waals surface area (Å²) < 4.78 is 14.9. The van der Waals surface area contributed by atoms with Crippen molar-refractivity contribution in [3.05, 3.63) is 194 Å². The predicted octanol–water partition coefficient (Wildman–Crippen LogP) is 14.2. The van der Waals surface area contributed by atoms with Crippen molar-refractivity contribution < 1.29 is 8.83 Å². The van der Waals surface area contributed by atoms with Crippen molar-refractivity contribution in [2.45, 2.75) is 0 Å². The summed E-state index contributed by atoms with van der Waals surface area (Å²) in [5.74, 6) is 0.858. The molecule has 0 aliphatic heterocycles. The van der Waals surface area contributed by atoms with E-state index in [1.165, 1.54) is 21.9 Å². The Morgan fingerprint density at radius 2 is 0.944 bits per heavy atom. The number of nitrogens with zero attached hydrogens (tertiary/aromatic N) is 2. The van der Waals surface area contributed by atoms with Gasteiger partial charge in [-0.1, -0.05) is 97.1 Å². The average molecular weight is 693 g/mol. The molecule has 0 fully saturated rings. The van der Waals surface area contributed by atoms with E-state index in [2.05, 4.69) is 173 Å². The molecule has 4 nitrogen and oxygen atoms in total. The molecule has 0 saturated heterocycles. The normalized spacial score (nSPS) is 11.7. The summed E-state index contributed by atoms with van der Waals surface area (Å²) >= 11 is 0. The number of rotatable bonds is 6. The van der Waals surface area contributed by atoms with Crippen LogP contribution in [0.3, 0.4) is 0 Å². The molecule has 3 heterocycles. The molecule has 0 aliphatic carbocycles. The predicted molar refractivity (Wildman–Crippen MR) is 223 cm³/mol. The minimum absolute atomic E-state index is 0.858. The second-order valence-corrected chi connectivity index (χ2v) is 13.8. The van der Waals surface area contributed by atoms with E-state index < -0.39 is 0 Å². The van der Waals surface area contributed by atoms with Crippen molar-refractivity contribution in [2.75, 3.05) is 4.90 Å². The van der Waals surface area contributed by atoms with Gasteiger partial charge >= 0.3 is 0 Å². The maximum absolute atomic E-state index is 6.36. The van der Waals surface area contributed by atoms with Crippen LogP contribution in [0.2, 0.25) is 0 Å². The zero-order chi connectivity index (χ0) is 35.6. The third kappa shape index (κ3) is 4.92. The Hall–Kier alpha value is -7.30. The first kappa shape index (κ1) is 30.3. The van der Waals surface area contributed by atoms with Crippen LogP contribution in [0, 0.1) is 0 Å². The fraction of sp³-hybridized carbons (Fsp3) is 0. The third-order valence-corrected chi connectivity index (χ3v) is 10.6. The van der Waals surface area contributed by atoms with Crippen LogP contribution in [0.15, 0.2) is 203 Å². The number of benzene rings is 8. The molecule has 0 amide bonds. The summed E-state index contributed by atoms with van der Waals surface area (Å²) in [7, 11) is 0. The maximum Gasteiger partial charge on any atom is 0.137 e. The minimum atomic E-state index is 0.858. The molecule has 0 spiro atoms. The Balaban J connectivity index is 1.02. The quantitative estimate of drug-likeness (QED) is 0.174. The van der Waals surface area contributed by atoms with E-state index in [1.54, 1.807) is 0 Å². The topological polar surface area (TPSA) is 34.5 Å². The van der Waals surface area contributed by atoms with Crippen LogP contribution < -0.4 is 4.90 Å². The Labute approximate surface area is 311 Å². The van der Waals surface area contributed by atoms with E-state index in [0.29, 0.717) is 0 Å². The van der Waals surface area contributed by atoms with Crippen LogP contribution in [-0.4, -0.2) is 4.57 Å². The molecule has 3 aromatic heterocycles. The first-order valence-corrected chi connectivity index (χ1v) is 18.2. The molecule has 8 aromatic carbocycles. The van der Waals surface area contributed by atoms with Crippen LogP contribution in [0.1, 0.15) is 0 Å². The summed E-state index contributed by atoms with van der Waals surface area (Å²) in [6, 6.07) is 68.5. The second kappa shape index (κ2) is 12.1. The molecule has 11 aromatic rings.